The lowest BCUT2D eigenvalue weighted by Crippen LogP contribution is -2.12. The van der Waals surface area contributed by atoms with E-state index in [-0.39, 0.29) is 5.91 Å². The number of aromatic nitrogens is 1. The zero-order valence-electron chi connectivity index (χ0n) is 10.7. The summed E-state index contributed by atoms with van der Waals surface area (Å²) < 4.78 is 0.705. The molecule has 5 heteroatoms. The van der Waals surface area contributed by atoms with Gasteiger partial charge in [0.15, 0.2) is 0 Å². The number of carbonyl (C=O) groups excluding carboxylic acids is 1. The van der Waals surface area contributed by atoms with Crippen molar-refractivity contribution in [3.05, 3.63) is 65.4 Å². The van der Waals surface area contributed by atoms with Crippen molar-refractivity contribution in [3.8, 4) is 0 Å². The van der Waals surface area contributed by atoms with Crippen LogP contribution in [0.3, 0.4) is 0 Å². The first-order valence-electron chi connectivity index (χ1n) is 5.96. The largest absolute Gasteiger partial charge is 0.321 e. The maximum Gasteiger partial charge on any atom is 0.257 e. The first kappa shape index (κ1) is 14.8. The van der Waals surface area contributed by atoms with Crippen molar-refractivity contribution in [2.45, 2.75) is 4.90 Å². The van der Waals surface area contributed by atoms with E-state index in [0.717, 1.165) is 16.3 Å². The molecule has 2 rings (SSSR count). The third-order valence-electron chi connectivity index (χ3n) is 2.48. The minimum Gasteiger partial charge on any atom is -0.321 e. The summed E-state index contributed by atoms with van der Waals surface area (Å²) in [4.78, 5) is 17.2. The van der Waals surface area contributed by atoms with Crippen molar-refractivity contribution in [1.29, 1.82) is 0 Å². The molecule has 2 aromatic rings. The minimum absolute atomic E-state index is 0.170. The van der Waals surface area contributed by atoms with Crippen LogP contribution in [0.2, 0.25) is 0 Å². The number of amides is 1. The van der Waals surface area contributed by atoms with Crippen molar-refractivity contribution in [2.75, 3.05) is 11.1 Å². The fourth-order valence-corrected chi connectivity index (χ4v) is 2.53. The lowest BCUT2D eigenvalue weighted by atomic mass is 10.2. The zero-order valence-corrected chi connectivity index (χ0v) is 13.1. The van der Waals surface area contributed by atoms with Gasteiger partial charge in [0.2, 0.25) is 0 Å². The van der Waals surface area contributed by atoms with Crippen LogP contribution in [-0.4, -0.2) is 16.6 Å². The van der Waals surface area contributed by atoms with Crippen molar-refractivity contribution in [3.63, 3.8) is 0 Å². The molecule has 0 unspecified atom stereocenters. The van der Waals surface area contributed by atoms with E-state index in [0.29, 0.717) is 10.2 Å². The second-order valence-corrected chi connectivity index (χ2v) is 5.79. The molecule has 1 N–H and O–H groups in total. The summed E-state index contributed by atoms with van der Waals surface area (Å²) in [6, 6.07) is 11.2. The highest BCUT2D eigenvalue weighted by Gasteiger charge is 2.09. The molecule has 1 heterocycles. The van der Waals surface area contributed by atoms with Gasteiger partial charge in [0.1, 0.15) is 4.60 Å². The monoisotopic (exact) mass is 348 g/mol. The highest BCUT2D eigenvalue weighted by molar-refractivity contribution is 9.10. The number of benzene rings is 1. The summed E-state index contributed by atoms with van der Waals surface area (Å²) in [7, 11) is 0. The van der Waals surface area contributed by atoms with Crippen LogP contribution in [0.1, 0.15) is 10.4 Å². The van der Waals surface area contributed by atoms with Crippen LogP contribution in [0.5, 0.6) is 0 Å². The summed E-state index contributed by atoms with van der Waals surface area (Å²) in [6.07, 6.45) is 3.38. The maximum absolute atomic E-state index is 12.2. The average Bonchev–Trinajstić information content (AvgIpc) is 2.47. The molecule has 0 saturated carbocycles. The summed E-state index contributed by atoms with van der Waals surface area (Å²) >= 11 is 4.88. The van der Waals surface area contributed by atoms with Gasteiger partial charge in [0, 0.05) is 16.8 Å². The number of hydrogen-bond donors (Lipinski definition) is 1. The molecular weight excluding hydrogens is 336 g/mol. The highest BCUT2D eigenvalue weighted by Crippen LogP contribution is 2.27. The Kier molecular flexibility index (Phi) is 5.38. The van der Waals surface area contributed by atoms with Gasteiger partial charge in [-0.3, -0.25) is 4.79 Å². The van der Waals surface area contributed by atoms with Crippen LogP contribution < -0.4 is 5.32 Å². The lowest BCUT2D eigenvalue weighted by Gasteiger charge is -2.09. The molecular formula is C15H13BrN2OS. The van der Waals surface area contributed by atoms with Gasteiger partial charge in [-0.15, -0.1) is 18.3 Å². The molecule has 0 aliphatic carbocycles. The number of rotatable bonds is 5. The van der Waals surface area contributed by atoms with Crippen LogP contribution >= 0.6 is 27.7 Å². The topological polar surface area (TPSA) is 42.0 Å². The van der Waals surface area contributed by atoms with Crippen molar-refractivity contribution >= 4 is 39.3 Å². The molecule has 0 fully saturated rings. The Morgan fingerprint density at radius 1 is 1.35 bits per heavy atom. The first-order chi connectivity index (χ1) is 9.70. The van der Waals surface area contributed by atoms with Crippen molar-refractivity contribution in [1.82, 2.24) is 4.98 Å². The SMILES string of the molecule is C=CCSc1ccccc1NC(=O)c1ccc(Br)nc1. The molecule has 0 aliphatic rings. The molecule has 0 aliphatic heterocycles. The van der Waals surface area contributed by atoms with E-state index in [1.54, 1.807) is 30.1 Å². The van der Waals surface area contributed by atoms with E-state index >= 15 is 0 Å². The number of pyridine rings is 1. The molecule has 3 nitrogen and oxygen atoms in total. The molecule has 0 atom stereocenters. The van der Waals surface area contributed by atoms with E-state index in [1.165, 1.54) is 0 Å². The number of nitrogens with one attached hydrogen (secondary N) is 1. The second kappa shape index (κ2) is 7.26. The predicted octanol–water partition coefficient (Wildman–Crippen LogP) is 4.37. The van der Waals surface area contributed by atoms with Gasteiger partial charge in [0.05, 0.1) is 11.3 Å². The van der Waals surface area contributed by atoms with Gasteiger partial charge in [-0.2, -0.15) is 0 Å². The number of hydrogen-bond acceptors (Lipinski definition) is 3. The smallest absolute Gasteiger partial charge is 0.257 e. The Morgan fingerprint density at radius 2 is 2.15 bits per heavy atom. The van der Waals surface area contributed by atoms with Crippen molar-refractivity contribution in [2.24, 2.45) is 0 Å². The first-order valence-corrected chi connectivity index (χ1v) is 7.74. The van der Waals surface area contributed by atoms with E-state index in [2.05, 4.69) is 32.8 Å². The minimum atomic E-state index is -0.170. The van der Waals surface area contributed by atoms with Crippen LogP contribution in [0.4, 0.5) is 5.69 Å². The zero-order chi connectivity index (χ0) is 14.4. The number of halogens is 1. The Balaban J connectivity index is 2.15. The molecule has 0 spiro atoms. The van der Waals surface area contributed by atoms with Crippen LogP contribution in [0.15, 0.2) is 64.7 Å². The Hall–Kier alpha value is -1.59. The standard InChI is InChI=1S/C15H13BrN2OS/c1-2-9-20-13-6-4-3-5-12(13)18-15(19)11-7-8-14(16)17-10-11/h2-8,10H,1,9H2,(H,18,19). The van der Waals surface area contributed by atoms with Gasteiger partial charge in [0.25, 0.3) is 5.91 Å². The summed E-state index contributed by atoms with van der Waals surface area (Å²) in [5.74, 6) is 0.629. The third kappa shape index (κ3) is 3.95. The summed E-state index contributed by atoms with van der Waals surface area (Å²) in [5, 5.41) is 2.91. The molecule has 0 radical (unpaired) electrons. The van der Waals surface area contributed by atoms with Gasteiger partial charge in [-0.1, -0.05) is 18.2 Å². The number of thioether (sulfide) groups is 1. The summed E-state index contributed by atoms with van der Waals surface area (Å²) in [5.41, 5.74) is 1.32. The van der Waals surface area contributed by atoms with E-state index in [1.807, 2.05) is 30.3 Å². The number of anilines is 1. The highest BCUT2D eigenvalue weighted by atomic mass is 79.9. The van der Waals surface area contributed by atoms with E-state index < -0.39 is 0 Å². The molecule has 0 bridgehead atoms. The number of carbonyl (C=O) groups is 1. The number of nitrogens with zero attached hydrogens (tertiary/aromatic N) is 1. The average molecular weight is 349 g/mol. The molecule has 1 amide bonds. The molecule has 102 valence electrons. The quantitative estimate of drug-likeness (QED) is 0.495. The Labute approximate surface area is 130 Å². The normalized spacial score (nSPS) is 10.1. The third-order valence-corrected chi connectivity index (χ3v) is 4.02. The van der Waals surface area contributed by atoms with Gasteiger partial charge < -0.3 is 5.32 Å². The van der Waals surface area contributed by atoms with Crippen molar-refractivity contribution < 1.29 is 4.79 Å². The predicted molar refractivity (Wildman–Crippen MR) is 87.3 cm³/mol. The van der Waals surface area contributed by atoms with Crippen LogP contribution in [0, 0.1) is 0 Å². The van der Waals surface area contributed by atoms with Crippen LogP contribution in [-0.2, 0) is 0 Å². The fraction of sp³-hybridized carbons (Fsp3) is 0.0667. The second-order valence-electron chi connectivity index (χ2n) is 3.92. The fourth-order valence-electron chi connectivity index (χ4n) is 1.55. The lowest BCUT2D eigenvalue weighted by molar-refractivity contribution is 0.102. The van der Waals surface area contributed by atoms with Gasteiger partial charge in [-0.05, 0) is 40.2 Å². The van der Waals surface area contributed by atoms with Gasteiger partial charge in [-0.25, -0.2) is 4.98 Å². The van der Waals surface area contributed by atoms with E-state index in [4.69, 9.17) is 0 Å². The Morgan fingerprint density at radius 3 is 2.85 bits per heavy atom. The van der Waals surface area contributed by atoms with E-state index in [9.17, 15) is 4.79 Å². The molecule has 1 aromatic heterocycles. The maximum atomic E-state index is 12.2. The molecule has 0 saturated heterocycles. The summed E-state index contributed by atoms with van der Waals surface area (Å²) in [6.45, 7) is 3.70. The van der Waals surface area contributed by atoms with Gasteiger partial charge >= 0.3 is 0 Å². The van der Waals surface area contributed by atoms with Crippen LogP contribution in [0.25, 0.3) is 0 Å². The molecule has 1 aromatic carbocycles. The number of para-hydroxylation sites is 1. The Bertz CT molecular complexity index is 614. The molecule has 20 heavy (non-hydrogen) atoms.